The minimum atomic E-state index is -0.695. The molecule has 1 aromatic rings. The third-order valence-electron chi connectivity index (χ3n) is 3.97. The van der Waals surface area contributed by atoms with Gasteiger partial charge in [-0.05, 0) is 44.9 Å². The summed E-state index contributed by atoms with van der Waals surface area (Å²) in [6.45, 7) is 7.73. The fraction of sp³-hybridized carbons (Fsp3) is 0.579. The van der Waals surface area contributed by atoms with Crippen molar-refractivity contribution < 1.29 is 23.8 Å². The number of hydrogen-bond donors (Lipinski definition) is 0. The Bertz CT molecular complexity index is 622. The monoisotopic (exact) mass is 349 g/mol. The minimum Gasteiger partial charge on any atom is -0.488 e. The fourth-order valence-corrected chi connectivity index (χ4v) is 2.80. The predicted octanol–water partition coefficient (Wildman–Crippen LogP) is 3.18. The number of benzene rings is 1. The van der Waals surface area contributed by atoms with Gasteiger partial charge in [0.15, 0.2) is 0 Å². The fourth-order valence-electron chi connectivity index (χ4n) is 2.80. The van der Waals surface area contributed by atoms with Crippen molar-refractivity contribution in [2.75, 3.05) is 13.7 Å². The summed E-state index contributed by atoms with van der Waals surface area (Å²) in [4.78, 5) is 25.9. The summed E-state index contributed by atoms with van der Waals surface area (Å²) in [6, 6.07) is 7.13. The van der Waals surface area contributed by atoms with Crippen LogP contribution in [0.2, 0.25) is 0 Å². The van der Waals surface area contributed by atoms with Crippen molar-refractivity contribution in [2.45, 2.75) is 58.3 Å². The average Bonchev–Trinajstić information content (AvgIpc) is 2.96. The second kappa shape index (κ2) is 7.76. The molecule has 0 spiro atoms. The molecule has 25 heavy (non-hydrogen) atoms. The maximum absolute atomic E-state index is 12.4. The van der Waals surface area contributed by atoms with Gasteiger partial charge in [-0.25, -0.2) is 9.59 Å². The van der Waals surface area contributed by atoms with E-state index in [2.05, 4.69) is 6.92 Å². The molecule has 2 rings (SSSR count). The number of likely N-dealkylation sites (tertiary alicyclic amines) is 1. The average molecular weight is 349 g/mol. The quantitative estimate of drug-likeness (QED) is 0.781. The molecule has 6 nitrogen and oxygen atoms in total. The van der Waals surface area contributed by atoms with Gasteiger partial charge in [0, 0.05) is 6.42 Å². The molecule has 0 unspecified atom stereocenters. The summed E-state index contributed by atoms with van der Waals surface area (Å²) in [5.74, 6) is 0.276. The van der Waals surface area contributed by atoms with Gasteiger partial charge in [0.1, 0.15) is 23.5 Å². The molecular formula is C19H27NO5. The van der Waals surface area contributed by atoms with Gasteiger partial charge in [0.05, 0.1) is 13.7 Å². The van der Waals surface area contributed by atoms with Crippen molar-refractivity contribution in [1.29, 1.82) is 0 Å². The molecule has 1 saturated heterocycles. The number of hydrogen-bond acceptors (Lipinski definition) is 5. The first-order chi connectivity index (χ1) is 11.7. The Kier molecular flexibility index (Phi) is 5.93. The zero-order chi connectivity index (χ0) is 18.6. The molecule has 1 heterocycles. The van der Waals surface area contributed by atoms with E-state index in [0.29, 0.717) is 6.42 Å². The highest BCUT2D eigenvalue weighted by atomic mass is 16.6. The number of esters is 1. The van der Waals surface area contributed by atoms with E-state index < -0.39 is 23.7 Å². The van der Waals surface area contributed by atoms with E-state index in [1.165, 1.54) is 17.6 Å². The summed E-state index contributed by atoms with van der Waals surface area (Å²) in [5, 5.41) is 0. The molecule has 0 N–H and O–H groups in total. The van der Waals surface area contributed by atoms with Crippen molar-refractivity contribution in [3.05, 3.63) is 29.8 Å². The van der Waals surface area contributed by atoms with Gasteiger partial charge in [-0.2, -0.15) is 0 Å². The van der Waals surface area contributed by atoms with Crippen LogP contribution in [-0.2, 0) is 20.7 Å². The van der Waals surface area contributed by atoms with Crippen molar-refractivity contribution >= 4 is 12.1 Å². The molecule has 1 fully saturated rings. The molecule has 0 aliphatic carbocycles. The van der Waals surface area contributed by atoms with Crippen LogP contribution in [-0.4, -0.2) is 48.4 Å². The molecule has 1 aliphatic heterocycles. The van der Waals surface area contributed by atoms with Gasteiger partial charge >= 0.3 is 12.1 Å². The highest BCUT2D eigenvalue weighted by Crippen LogP contribution is 2.26. The van der Waals surface area contributed by atoms with Gasteiger partial charge in [-0.1, -0.05) is 19.1 Å². The lowest BCUT2D eigenvalue weighted by atomic mass is 10.1. The zero-order valence-corrected chi connectivity index (χ0v) is 15.6. The van der Waals surface area contributed by atoms with Gasteiger partial charge in [0.25, 0.3) is 0 Å². The molecule has 0 aromatic heterocycles. The van der Waals surface area contributed by atoms with E-state index in [0.717, 1.165) is 12.2 Å². The van der Waals surface area contributed by atoms with E-state index in [1.54, 1.807) is 20.8 Å². The highest BCUT2D eigenvalue weighted by Gasteiger charge is 2.43. The molecule has 0 bridgehead atoms. The number of amides is 1. The van der Waals surface area contributed by atoms with Gasteiger partial charge < -0.3 is 14.2 Å². The number of rotatable bonds is 4. The van der Waals surface area contributed by atoms with E-state index in [-0.39, 0.29) is 12.6 Å². The second-order valence-electron chi connectivity index (χ2n) is 7.15. The maximum atomic E-state index is 12.4. The lowest BCUT2D eigenvalue weighted by Crippen LogP contribution is -2.44. The second-order valence-corrected chi connectivity index (χ2v) is 7.15. The molecule has 1 aliphatic rings. The Morgan fingerprint density at radius 3 is 2.60 bits per heavy atom. The van der Waals surface area contributed by atoms with E-state index in [9.17, 15) is 9.59 Å². The molecule has 0 radical (unpaired) electrons. The zero-order valence-electron chi connectivity index (χ0n) is 15.6. The van der Waals surface area contributed by atoms with Crippen molar-refractivity contribution in [3.8, 4) is 5.75 Å². The Labute approximate surface area is 149 Å². The van der Waals surface area contributed by atoms with Gasteiger partial charge in [-0.15, -0.1) is 0 Å². The number of carbonyl (C=O) groups is 2. The molecule has 2 atom stereocenters. The number of aryl methyl sites for hydroxylation is 1. The lowest BCUT2D eigenvalue weighted by molar-refractivity contribution is -0.145. The van der Waals surface area contributed by atoms with E-state index >= 15 is 0 Å². The van der Waals surface area contributed by atoms with Crippen LogP contribution in [0.15, 0.2) is 24.3 Å². The lowest BCUT2D eigenvalue weighted by Gasteiger charge is -2.27. The Balaban J connectivity index is 2.11. The Hall–Kier alpha value is -2.24. The van der Waals surface area contributed by atoms with Crippen LogP contribution < -0.4 is 4.74 Å². The third kappa shape index (κ3) is 5.11. The van der Waals surface area contributed by atoms with E-state index in [4.69, 9.17) is 14.2 Å². The maximum Gasteiger partial charge on any atom is 0.411 e. The van der Waals surface area contributed by atoms with Crippen LogP contribution >= 0.6 is 0 Å². The topological polar surface area (TPSA) is 65.1 Å². The van der Waals surface area contributed by atoms with Crippen molar-refractivity contribution in [2.24, 2.45) is 0 Å². The SMILES string of the molecule is CCc1cccc(O[C@@H]2C[C@@H](C(=O)OC)N(C(=O)OC(C)(C)C)C2)c1. The normalized spacial score (nSPS) is 20.3. The summed E-state index contributed by atoms with van der Waals surface area (Å²) in [5.41, 5.74) is 0.538. The number of carbonyl (C=O) groups excluding carboxylic acids is 2. The third-order valence-corrected chi connectivity index (χ3v) is 3.97. The van der Waals surface area contributed by atoms with Crippen molar-refractivity contribution in [1.82, 2.24) is 4.90 Å². The first-order valence-electron chi connectivity index (χ1n) is 8.56. The smallest absolute Gasteiger partial charge is 0.411 e. The number of ether oxygens (including phenoxy) is 3. The molecular weight excluding hydrogens is 322 g/mol. The molecule has 6 heteroatoms. The van der Waals surface area contributed by atoms with Crippen LogP contribution in [0.3, 0.4) is 0 Å². The summed E-state index contributed by atoms with van der Waals surface area (Å²) >= 11 is 0. The standard InChI is InChI=1S/C19H27NO5/c1-6-13-8-7-9-14(10-13)24-15-11-16(17(21)23-5)20(12-15)18(22)25-19(2,3)4/h7-10,15-16H,6,11-12H2,1-5H3/t15-,16+/m1/s1. The minimum absolute atomic E-state index is 0.283. The van der Waals surface area contributed by atoms with Crippen LogP contribution in [0.5, 0.6) is 5.75 Å². The molecule has 1 aromatic carbocycles. The van der Waals surface area contributed by atoms with Gasteiger partial charge in [-0.3, -0.25) is 4.90 Å². The summed E-state index contributed by atoms with van der Waals surface area (Å²) in [6.07, 6.45) is 0.471. The highest BCUT2D eigenvalue weighted by molar-refractivity contribution is 5.82. The van der Waals surface area contributed by atoms with Crippen LogP contribution in [0.1, 0.15) is 39.7 Å². The summed E-state index contributed by atoms with van der Waals surface area (Å²) in [7, 11) is 1.31. The van der Waals surface area contributed by atoms with Crippen LogP contribution in [0.4, 0.5) is 4.79 Å². The largest absolute Gasteiger partial charge is 0.488 e. The first-order valence-corrected chi connectivity index (χ1v) is 8.56. The molecule has 0 saturated carbocycles. The number of methoxy groups -OCH3 is 1. The van der Waals surface area contributed by atoms with Crippen LogP contribution in [0, 0.1) is 0 Å². The molecule has 1 amide bonds. The van der Waals surface area contributed by atoms with Gasteiger partial charge in [0.2, 0.25) is 0 Å². The Morgan fingerprint density at radius 2 is 2.00 bits per heavy atom. The van der Waals surface area contributed by atoms with Crippen molar-refractivity contribution in [3.63, 3.8) is 0 Å². The summed E-state index contributed by atoms with van der Waals surface area (Å²) < 4.78 is 16.2. The predicted molar refractivity (Wildman–Crippen MR) is 93.6 cm³/mol. The molecule has 138 valence electrons. The number of nitrogens with zero attached hydrogens (tertiary/aromatic N) is 1. The first kappa shape index (κ1) is 19.1. The Morgan fingerprint density at radius 1 is 1.28 bits per heavy atom. The van der Waals surface area contributed by atoms with Crippen LogP contribution in [0.25, 0.3) is 0 Å². The van der Waals surface area contributed by atoms with E-state index in [1.807, 2.05) is 24.3 Å².